The molecule has 3 N–H and O–H groups in total. The molecule has 6 nitrogen and oxygen atoms in total. The first-order valence-corrected chi connectivity index (χ1v) is 8.92. The predicted molar refractivity (Wildman–Crippen MR) is 94.0 cm³/mol. The molecule has 0 spiro atoms. The number of thioether (sulfide) groups is 1. The molecule has 0 atom stereocenters. The van der Waals surface area contributed by atoms with Crippen LogP contribution in [-0.2, 0) is 17.6 Å². The average molecular weight is 366 g/mol. The van der Waals surface area contributed by atoms with Crippen LogP contribution in [0.1, 0.15) is 24.1 Å². The van der Waals surface area contributed by atoms with Crippen LogP contribution in [0.15, 0.2) is 28.2 Å². The minimum absolute atomic E-state index is 0.0573. The molecule has 126 valence electrons. The van der Waals surface area contributed by atoms with Crippen LogP contribution in [0.2, 0.25) is 5.02 Å². The van der Waals surface area contributed by atoms with Gasteiger partial charge in [-0.1, -0.05) is 23.4 Å². The maximum Gasteiger partial charge on any atom is 0.254 e. The monoisotopic (exact) mass is 365 g/mol. The number of aromatic nitrogens is 2. The summed E-state index contributed by atoms with van der Waals surface area (Å²) >= 11 is 6.99. The van der Waals surface area contributed by atoms with Crippen LogP contribution >= 0.6 is 23.4 Å². The molecule has 0 saturated heterocycles. The van der Waals surface area contributed by atoms with Gasteiger partial charge in [0.05, 0.1) is 17.1 Å². The van der Waals surface area contributed by atoms with E-state index >= 15 is 0 Å². The predicted octanol–water partition coefficient (Wildman–Crippen LogP) is 2.74. The minimum Gasteiger partial charge on any atom is -0.506 e. The van der Waals surface area contributed by atoms with Crippen LogP contribution in [0.4, 0.5) is 5.69 Å². The summed E-state index contributed by atoms with van der Waals surface area (Å²) < 4.78 is 0. The van der Waals surface area contributed by atoms with E-state index in [4.69, 9.17) is 11.6 Å². The zero-order chi connectivity index (χ0) is 17.1. The zero-order valence-corrected chi connectivity index (χ0v) is 14.3. The van der Waals surface area contributed by atoms with Crippen molar-refractivity contribution in [3.63, 3.8) is 0 Å². The summed E-state index contributed by atoms with van der Waals surface area (Å²) in [5.74, 6) is -0.316. The summed E-state index contributed by atoms with van der Waals surface area (Å²) in [6.45, 7) is 0. The third kappa shape index (κ3) is 3.91. The number of benzene rings is 1. The Kier molecular flexibility index (Phi) is 5.11. The third-order valence-electron chi connectivity index (χ3n) is 3.74. The Morgan fingerprint density at radius 3 is 3.00 bits per heavy atom. The highest BCUT2D eigenvalue weighted by Crippen LogP contribution is 2.27. The fraction of sp³-hybridized carbons (Fsp3) is 0.312. The van der Waals surface area contributed by atoms with Crippen molar-refractivity contribution in [2.24, 2.45) is 0 Å². The van der Waals surface area contributed by atoms with Crippen LogP contribution in [0.5, 0.6) is 5.75 Å². The number of H-pyrrole nitrogens is 1. The molecule has 0 radical (unpaired) electrons. The fourth-order valence-electron chi connectivity index (χ4n) is 2.58. The number of hydrogen-bond acceptors (Lipinski definition) is 5. The lowest BCUT2D eigenvalue weighted by Crippen LogP contribution is -2.22. The fourth-order valence-corrected chi connectivity index (χ4v) is 3.43. The summed E-state index contributed by atoms with van der Waals surface area (Å²) in [7, 11) is 0. The van der Waals surface area contributed by atoms with Gasteiger partial charge in [-0.25, -0.2) is 4.98 Å². The summed E-state index contributed by atoms with van der Waals surface area (Å²) in [4.78, 5) is 31.2. The van der Waals surface area contributed by atoms with Crippen molar-refractivity contribution in [1.82, 2.24) is 9.97 Å². The molecule has 1 aliphatic carbocycles. The van der Waals surface area contributed by atoms with Gasteiger partial charge in [0.25, 0.3) is 5.56 Å². The number of carbonyl (C=O) groups excluding carboxylic acids is 1. The number of amides is 1. The molecule has 0 fully saturated rings. The Labute approximate surface area is 147 Å². The number of fused-ring (bicyclic) bond motifs is 1. The van der Waals surface area contributed by atoms with Crippen LogP contribution in [0.3, 0.4) is 0 Å². The lowest BCUT2D eigenvalue weighted by Gasteiger charge is -2.14. The lowest BCUT2D eigenvalue weighted by molar-refractivity contribution is -0.113. The average Bonchev–Trinajstić information content (AvgIpc) is 2.56. The van der Waals surface area contributed by atoms with Crippen LogP contribution in [0, 0.1) is 0 Å². The molecule has 0 aliphatic heterocycles. The van der Waals surface area contributed by atoms with Gasteiger partial charge in [0.15, 0.2) is 5.16 Å². The van der Waals surface area contributed by atoms with E-state index in [2.05, 4.69) is 15.3 Å². The number of hydrogen-bond donors (Lipinski definition) is 3. The van der Waals surface area contributed by atoms with E-state index < -0.39 is 0 Å². The van der Waals surface area contributed by atoms with E-state index in [1.165, 1.54) is 18.2 Å². The number of anilines is 1. The normalized spacial score (nSPS) is 13.4. The van der Waals surface area contributed by atoms with Crippen LogP contribution < -0.4 is 10.9 Å². The lowest BCUT2D eigenvalue weighted by atomic mass is 9.97. The number of aromatic amines is 1. The molecule has 24 heavy (non-hydrogen) atoms. The van der Waals surface area contributed by atoms with Gasteiger partial charge in [-0.3, -0.25) is 9.59 Å². The second kappa shape index (κ2) is 7.27. The van der Waals surface area contributed by atoms with E-state index in [0.29, 0.717) is 10.2 Å². The second-order valence-corrected chi connectivity index (χ2v) is 6.90. The molecule has 2 aromatic rings. The first kappa shape index (κ1) is 16.9. The molecule has 3 rings (SSSR count). The first-order chi connectivity index (χ1) is 11.5. The van der Waals surface area contributed by atoms with Gasteiger partial charge in [0, 0.05) is 10.6 Å². The summed E-state index contributed by atoms with van der Waals surface area (Å²) in [6.07, 6.45) is 3.60. The SMILES string of the molecule is O=C(CSc1nc2c(c(=O)[nH]1)CCCC2)Nc1cc(Cl)ccc1O. The Morgan fingerprint density at radius 1 is 1.38 bits per heavy atom. The largest absolute Gasteiger partial charge is 0.506 e. The number of carbonyl (C=O) groups is 1. The molecule has 0 unspecified atom stereocenters. The molecule has 1 aliphatic rings. The highest BCUT2D eigenvalue weighted by atomic mass is 35.5. The molecular formula is C16H16ClN3O3S. The van der Waals surface area contributed by atoms with Crippen molar-refractivity contribution < 1.29 is 9.90 Å². The van der Waals surface area contributed by atoms with Gasteiger partial charge in [0.1, 0.15) is 5.75 Å². The van der Waals surface area contributed by atoms with Gasteiger partial charge in [-0.2, -0.15) is 0 Å². The molecule has 0 bridgehead atoms. The highest BCUT2D eigenvalue weighted by molar-refractivity contribution is 7.99. The molecule has 0 saturated carbocycles. The number of aryl methyl sites for hydroxylation is 1. The Hall–Kier alpha value is -1.99. The molecule has 1 aromatic carbocycles. The number of phenols is 1. The van der Waals surface area contributed by atoms with Crippen molar-refractivity contribution in [1.29, 1.82) is 0 Å². The van der Waals surface area contributed by atoms with Crippen molar-refractivity contribution >= 4 is 35.0 Å². The highest BCUT2D eigenvalue weighted by Gasteiger charge is 2.16. The van der Waals surface area contributed by atoms with Crippen LogP contribution in [-0.4, -0.2) is 26.7 Å². The molecule has 1 aromatic heterocycles. The van der Waals surface area contributed by atoms with E-state index in [0.717, 1.165) is 48.7 Å². The number of aromatic hydroxyl groups is 1. The summed E-state index contributed by atoms with van der Waals surface area (Å²) in [5, 5.41) is 13.1. The van der Waals surface area contributed by atoms with Crippen molar-refractivity contribution in [2.75, 3.05) is 11.1 Å². The molecule has 1 heterocycles. The number of nitrogens with one attached hydrogen (secondary N) is 2. The first-order valence-electron chi connectivity index (χ1n) is 7.56. The third-order valence-corrected chi connectivity index (χ3v) is 4.85. The Bertz CT molecular complexity index is 838. The molecular weight excluding hydrogens is 350 g/mol. The van der Waals surface area contributed by atoms with Crippen LogP contribution in [0.25, 0.3) is 0 Å². The van der Waals surface area contributed by atoms with E-state index in [9.17, 15) is 14.7 Å². The number of halogens is 1. The molecule has 8 heteroatoms. The quantitative estimate of drug-likeness (QED) is 0.440. The van der Waals surface area contributed by atoms with Crippen molar-refractivity contribution in [3.8, 4) is 5.75 Å². The van der Waals surface area contributed by atoms with Crippen molar-refractivity contribution in [2.45, 2.75) is 30.8 Å². The van der Waals surface area contributed by atoms with Gasteiger partial charge >= 0.3 is 0 Å². The number of rotatable bonds is 4. The Morgan fingerprint density at radius 2 is 2.17 bits per heavy atom. The van der Waals surface area contributed by atoms with E-state index in [1.807, 2.05) is 0 Å². The maximum atomic E-state index is 12.0. The van der Waals surface area contributed by atoms with Crippen molar-refractivity contribution in [3.05, 3.63) is 44.8 Å². The second-order valence-electron chi connectivity index (χ2n) is 5.50. The maximum absolute atomic E-state index is 12.0. The van der Waals surface area contributed by atoms with Gasteiger partial charge in [-0.05, 0) is 43.9 Å². The summed E-state index contributed by atoms with van der Waals surface area (Å²) in [5.41, 5.74) is 1.73. The minimum atomic E-state index is -0.321. The van der Waals surface area contributed by atoms with Gasteiger partial charge in [0.2, 0.25) is 5.91 Å². The Balaban J connectivity index is 1.65. The van der Waals surface area contributed by atoms with E-state index in [1.54, 1.807) is 0 Å². The standard InChI is InChI=1S/C16H16ClN3O3S/c17-9-5-6-13(21)12(7-9)18-14(22)8-24-16-19-11-4-2-1-3-10(11)15(23)20-16/h5-7,21H,1-4,8H2,(H,18,22)(H,19,20,23). The summed E-state index contributed by atoms with van der Waals surface area (Å²) in [6, 6.07) is 4.41. The number of nitrogens with zero attached hydrogens (tertiary/aromatic N) is 1. The number of phenolic OH excluding ortho intramolecular Hbond substituents is 1. The zero-order valence-electron chi connectivity index (χ0n) is 12.8. The molecule has 1 amide bonds. The van der Waals surface area contributed by atoms with E-state index in [-0.39, 0.29) is 28.7 Å². The topological polar surface area (TPSA) is 95.1 Å². The van der Waals surface area contributed by atoms with Gasteiger partial charge in [-0.15, -0.1) is 0 Å². The smallest absolute Gasteiger partial charge is 0.254 e. The van der Waals surface area contributed by atoms with Gasteiger partial charge < -0.3 is 15.4 Å².